The lowest BCUT2D eigenvalue weighted by atomic mass is 10.2. The van der Waals surface area contributed by atoms with Crippen LogP contribution < -0.4 is 5.73 Å². The number of rotatable bonds is 2. The van der Waals surface area contributed by atoms with Gasteiger partial charge in [0.25, 0.3) is 0 Å². The molecule has 0 bridgehead atoms. The normalized spacial score (nSPS) is 10.3. The lowest BCUT2D eigenvalue weighted by molar-refractivity contribution is 1.15. The van der Waals surface area contributed by atoms with Crippen LogP contribution in [-0.2, 0) is 6.42 Å². The van der Waals surface area contributed by atoms with Gasteiger partial charge in [-0.2, -0.15) is 0 Å². The molecule has 3 heteroatoms. The van der Waals surface area contributed by atoms with Crippen molar-refractivity contribution < 1.29 is 0 Å². The van der Waals surface area contributed by atoms with Crippen molar-refractivity contribution in [3.05, 3.63) is 42.1 Å². The van der Waals surface area contributed by atoms with E-state index in [0.29, 0.717) is 6.42 Å². The molecular formula is C11H11N3. The molecule has 1 aromatic heterocycles. The zero-order valence-corrected chi connectivity index (χ0v) is 7.70. The summed E-state index contributed by atoms with van der Waals surface area (Å²) in [7, 11) is 0. The van der Waals surface area contributed by atoms with Crippen molar-refractivity contribution in [2.24, 2.45) is 5.73 Å². The smallest absolute Gasteiger partial charge is 0.0966 e. The average molecular weight is 185 g/mol. The van der Waals surface area contributed by atoms with Gasteiger partial charge in [-0.15, -0.1) is 0 Å². The fourth-order valence-corrected chi connectivity index (χ4v) is 1.40. The Bertz CT molecular complexity index is 477. The first-order valence-corrected chi connectivity index (χ1v) is 4.43. The van der Waals surface area contributed by atoms with Gasteiger partial charge in [0, 0.05) is 17.5 Å². The van der Waals surface area contributed by atoms with Crippen molar-refractivity contribution in [3.8, 4) is 0 Å². The van der Waals surface area contributed by atoms with Gasteiger partial charge in [0.2, 0.25) is 0 Å². The Labute approximate surface area is 82.1 Å². The number of hydrogen-bond donors (Lipinski definition) is 2. The summed E-state index contributed by atoms with van der Waals surface area (Å²) in [6, 6.07) is 11.8. The summed E-state index contributed by atoms with van der Waals surface area (Å²) < 4.78 is 0. The minimum atomic E-state index is 0.146. The predicted octanol–water partition coefficient (Wildman–Crippen LogP) is 1.71. The molecule has 0 unspecified atom stereocenters. The van der Waals surface area contributed by atoms with E-state index >= 15 is 0 Å². The van der Waals surface area contributed by atoms with Gasteiger partial charge in [0.05, 0.1) is 11.4 Å². The number of pyridine rings is 1. The molecule has 70 valence electrons. The first kappa shape index (κ1) is 8.69. The van der Waals surface area contributed by atoms with Crippen molar-refractivity contribution in [3.63, 3.8) is 0 Å². The number of amidine groups is 1. The van der Waals surface area contributed by atoms with E-state index in [1.165, 1.54) is 0 Å². The van der Waals surface area contributed by atoms with Crippen LogP contribution >= 0.6 is 0 Å². The number of hydrogen-bond acceptors (Lipinski definition) is 2. The Morgan fingerprint density at radius 2 is 2.00 bits per heavy atom. The number of nitrogens with zero attached hydrogens (tertiary/aromatic N) is 1. The van der Waals surface area contributed by atoms with Crippen LogP contribution in [0.25, 0.3) is 10.9 Å². The summed E-state index contributed by atoms with van der Waals surface area (Å²) in [6.07, 6.45) is 0.421. The van der Waals surface area contributed by atoms with Gasteiger partial charge in [-0.3, -0.25) is 10.4 Å². The van der Waals surface area contributed by atoms with Gasteiger partial charge < -0.3 is 5.73 Å². The van der Waals surface area contributed by atoms with Crippen LogP contribution in [-0.4, -0.2) is 10.8 Å². The highest BCUT2D eigenvalue weighted by atomic mass is 14.7. The van der Waals surface area contributed by atoms with Crippen molar-refractivity contribution in [2.45, 2.75) is 6.42 Å². The lowest BCUT2D eigenvalue weighted by Gasteiger charge is -2.01. The van der Waals surface area contributed by atoms with Crippen LogP contribution in [0.3, 0.4) is 0 Å². The minimum absolute atomic E-state index is 0.146. The molecule has 14 heavy (non-hydrogen) atoms. The van der Waals surface area contributed by atoms with Crippen molar-refractivity contribution >= 4 is 16.7 Å². The summed E-state index contributed by atoms with van der Waals surface area (Å²) in [4.78, 5) is 4.39. The van der Waals surface area contributed by atoms with Gasteiger partial charge in [-0.1, -0.05) is 24.3 Å². The van der Waals surface area contributed by atoms with E-state index in [1.807, 2.05) is 36.4 Å². The fourth-order valence-electron chi connectivity index (χ4n) is 1.40. The Morgan fingerprint density at radius 1 is 1.21 bits per heavy atom. The quantitative estimate of drug-likeness (QED) is 0.552. The van der Waals surface area contributed by atoms with Gasteiger partial charge in [0.15, 0.2) is 0 Å². The number of aromatic nitrogens is 1. The molecule has 0 saturated heterocycles. The third kappa shape index (κ3) is 1.71. The maximum atomic E-state index is 7.18. The second kappa shape index (κ2) is 3.46. The second-order valence-electron chi connectivity index (χ2n) is 3.20. The van der Waals surface area contributed by atoms with Gasteiger partial charge in [-0.05, 0) is 12.1 Å². The zero-order chi connectivity index (χ0) is 9.97. The molecule has 1 heterocycles. The maximum absolute atomic E-state index is 7.18. The van der Waals surface area contributed by atoms with Crippen LogP contribution in [0.5, 0.6) is 0 Å². The number of benzene rings is 1. The number of nitrogens with one attached hydrogen (secondary N) is 1. The molecule has 0 amide bonds. The van der Waals surface area contributed by atoms with Gasteiger partial charge in [0.1, 0.15) is 0 Å². The standard InChI is InChI=1S/C11H11N3/c12-11(13)7-9-6-5-8-3-1-2-4-10(8)14-9/h1-6H,7H2,(H3,12,13). The predicted molar refractivity (Wildman–Crippen MR) is 57.4 cm³/mol. The molecule has 2 aromatic rings. The second-order valence-corrected chi connectivity index (χ2v) is 3.20. The van der Waals surface area contributed by atoms with Crippen LogP contribution in [0.15, 0.2) is 36.4 Å². The molecule has 1 aromatic carbocycles. The van der Waals surface area contributed by atoms with Gasteiger partial charge in [-0.25, -0.2) is 0 Å². The van der Waals surface area contributed by atoms with E-state index < -0.39 is 0 Å². The van der Waals surface area contributed by atoms with Crippen LogP contribution in [0.2, 0.25) is 0 Å². The highest BCUT2D eigenvalue weighted by molar-refractivity contribution is 5.81. The van der Waals surface area contributed by atoms with Crippen molar-refractivity contribution in [1.82, 2.24) is 4.98 Å². The highest BCUT2D eigenvalue weighted by Gasteiger charge is 1.98. The van der Waals surface area contributed by atoms with E-state index in [-0.39, 0.29) is 5.84 Å². The third-order valence-electron chi connectivity index (χ3n) is 2.03. The summed E-state index contributed by atoms with van der Waals surface area (Å²) in [5.41, 5.74) is 7.11. The topological polar surface area (TPSA) is 62.8 Å². The molecule has 0 aliphatic rings. The van der Waals surface area contributed by atoms with E-state index in [4.69, 9.17) is 11.1 Å². The zero-order valence-electron chi connectivity index (χ0n) is 7.70. The number of fused-ring (bicyclic) bond motifs is 1. The summed E-state index contributed by atoms with van der Waals surface area (Å²) >= 11 is 0. The van der Waals surface area contributed by atoms with Crippen molar-refractivity contribution in [1.29, 1.82) is 5.41 Å². The van der Waals surface area contributed by atoms with Crippen LogP contribution in [0, 0.1) is 5.41 Å². The molecule has 0 fully saturated rings. The van der Waals surface area contributed by atoms with E-state index in [2.05, 4.69) is 4.98 Å². The highest BCUT2D eigenvalue weighted by Crippen LogP contribution is 2.11. The Hall–Kier alpha value is -1.90. The third-order valence-corrected chi connectivity index (χ3v) is 2.03. The van der Waals surface area contributed by atoms with Crippen LogP contribution in [0.1, 0.15) is 5.69 Å². The lowest BCUT2D eigenvalue weighted by Crippen LogP contribution is -2.13. The maximum Gasteiger partial charge on any atom is 0.0966 e. The molecule has 0 aliphatic heterocycles. The van der Waals surface area contributed by atoms with E-state index in [1.54, 1.807) is 0 Å². The first-order valence-electron chi connectivity index (χ1n) is 4.43. The SMILES string of the molecule is N=C(N)Cc1ccc2ccccc2n1. The van der Waals surface area contributed by atoms with Crippen LogP contribution in [0.4, 0.5) is 0 Å². The monoisotopic (exact) mass is 185 g/mol. The molecule has 0 aliphatic carbocycles. The molecule has 0 saturated carbocycles. The van der Waals surface area contributed by atoms with E-state index in [0.717, 1.165) is 16.6 Å². The Balaban J connectivity index is 2.46. The molecule has 0 atom stereocenters. The summed E-state index contributed by atoms with van der Waals surface area (Å²) in [6.45, 7) is 0. The molecule has 0 radical (unpaired) electrons. The fraction of sp³-hybridized carbons (Fsp3) is 0.0909. The first-order chi connectivity index (χ1) is 6.75. The Morgan fingerprint density at radius 3 is 2.79 bits per heavy atom. The molecule has 3 N–H and O–H groups in total. The Kier molecular flexibility index (Phi) is 2.14. The average Bonchev–Trinajstić information content (AvgIpc) is 2.17. The molecule has 3 nitrogen and oxygen atoms in total. The number of para-hydroxylation sites is 1. The summed E-state index contributed by atoms with van der Waals surface area (Å²) in [5, 5.41) is 8.29. The minimum Gasteiger partial charge on any atom is -0.387 e. The number of nitrogens with two attached hydrogens (primary N) is 1. The van der Waals surface area contributed by atoms with Gasteiger partial charge >= 0.3 is 0 Å². The molecular weight excluding hydrogens is 174 g/mol. The van der Waals surface area contributed by atoms with E-state index in [9.17, 15) is 0 Å². The van der Waals surface area contributed by atoms with Crippen molar-refractivity contribution in [2.75, 3.05) is 0 Å². The largest absolute Gasteiger partial charge is 0.387 e. The molecule has 0 spiro atoms. The molecule has 2 rings (SSSR count). The summed E-state index contributed by atoms with van der Waals surface area (Å²) in [5.74, 6) is 0.146.